The van der Waals surface area contributed by atoms with Gasteiger partial charge in [0, 0.05) is 25.2 Å². The van der Waals surface area contributed by atoms with Crippen LogP contribution >= 0.6 is 0 Å². The molecule has 1 saturated heterocycles. The molecule has 2 aromatic heterocycles. The molecule has 1 atom stereocenters. The molecule has 0 aromatic carbocycles. The van der Waals surface area contributed by atoms with Gasteiger partial charge in [0.25, 0.3) is 5.91 Å². The number of carbonyl (C=O) groups is 2. The molecule has 0 spiro atoms. The maximum atomic E-state index is 12.8. The van der Waals surface area contributed by atoms with Crippen molar-refractivity contribution < 1.29 is 19.4 Å². The highest BCUT2D eigenvalue weighted by Gasteiger charge is 2.30. The molecule has 0 radical (unpaired) electrons. The number of carbonyl (C=O) groups excluding carboxylic acids is 1. The summed E-state index contributed by atoms with van der Waals surface area (Å²) < 4.78 is 6.97. The monoisotopic (exact) mass is 318 g/mol. The molecule has 8 nitrogen and oxygen atoms in total. The molecule has 122 valence electrons. The Morgan fingerprint density at radius 1 is 1.48 bits per heavy atom. The van der Waals surface area contributed by atoms with Crippen molar-refractivity contribution in [2.75, 3.05) is 19.8 Å². The molecule has 0 saturated carbocycles. The second-order valence-corrected chi connectivity index (χ2v) is 5.63. The lowest BCUT2D eigenvalue weighted by atomic mass is 10.1. The Labute approximate surface area is 132 Å². The molecule has 1 aliphatic heterocycles. The Morgan fingerprint density at radius 2 is 2.26 bits per heavy atom. The summed E-state index contributed by atoms with van der Waals surface area (Å²) in [6.07, 6.45) is 1.38. The zero-order valence-corrected chi connectivity index (χ0v) is 13.0. The number of aryl methyl sites for hydroxylation is 2. The van der Waals surface area contributed by atoms with E-state index in [1.54, 1.807) is 22.7 Å². The fourth-order valence-electron chi connectivity index (χ4n) is 2.88. The number of amides is 1. The molecule has 23 heavy (non-hydrogen) atoms. The molecular formula is C15H18N4O4. The highest BCUT2D eigenvalue weighted by Crippen LogP contribution is 2.20. The minimum atomic E-state index is -0.949. The Bertz CT molecular complexity index is 770. The number of carboxylic acids is 1. The van der Waals surface area contributed by atoms with Gasteiger partial charge in [-0.05, 0) is 13.0 Å². The average Bonchev–Trinajstić information content (AvgIpc) is 2.81. The van der Waals surface area contributed by atoms with Crippen LogP contribution in [-0.4, -0.2) is 62.4 Å². The van der Waals surface area contributed by atoms with E-state index < -0.39 is 12.0 Å². The molecule has 0 aliphatic carbocycles. The quantitative estimate of drug-likeness (QED) is 0.889. The number of hydrogen-bond donors (Lipinski definition) is 1. The van der Waals surface area contributed by atoms with Gasteiger partial charge in [-0.15, -0.1) is 0 Å². The number of aliphatic carboxylic acids is 1. The van der Waals surface area contributed by atoms with Crippen LogP contribution in [0, 0.1) is 6.92 Å². The molecule has 1 amide bonds. The minimum Gasteiger partial charge on any atom is -0.481 e. The van der Waals surface area contributed by atoms with Crippen molar-refractivity contribution in [1.29, 1.82) is 0 Å². The normalized spacial score (nSPS) is 18.3. The number of nitrogens with zero attached hydrogens (tertiary/aromatic N) is 4. The molecule has 1 fully saturated rings. The summed E-state index contributed by atoms with van der Waals surface area (Å²) in [5.74, 6) is -1.17. The van der Waals surface area contributed by atoms with E-state index in [2.05, 4.69) is 10.1 Å². The number of rotatable bonds is 3. The van der Waals surface area contributed by atoms with Gasteiger partial charge in [-0.25, -0.2) is 4.98 Å². The van der Waals surface area contributed by atoms with Crippen molar-refractivity contribution in [1.82, 2.24) is 19.7 Å². The number of aromatic nitrogens is 3. The van der Waals surface area contributed by atoms with Crippen LogP contribution in [-0.2, 0) is 16.6 Å². The summed E-state index contributed by atoms with van der Waals surface area (Å²) in [5, 5.41) is 14.1. The minimum absolute atomic E-state index is 0.132. The topological polar surface area (TPSA) is 97.5 Å². The Morgan fingerprint density at radius 3 is 3.00 bits per heavy atom. The van der Waals surface area contributed by atoms with Crippen LogP contribution in [0.4, 0.5) is 0 Å². The van der Waals surface area contributed by atoms with Gasteiger partial charge in [0.2, 0.25) is 0 Å². The third-order valence-electron chi connectivity index (χ3n) is 4.01. The van der Waals surface area contributed by atoms with E-state index in [9.17, 15) is 9.59 Å². The number of hydrogen-bond acceptors (Lipinski definition) is 5. The van der Waals surface area contributed by atoms with E-state index in [1.807, 2.05) is 6.92 Å². The number of ether oxygens (including phenoxy) is 1. The van der Waals surface area contributed by atoms with E-state index in [1.165, 1.54) is 6.20 Å². The SMILES string of the molecule is Cc1nn(C)c2ncc(C(=O)N3CCOCC3CC(=O)O)cc12. The van der Waals surface area contributed by atoms with Gasteiger partial charge in [0.05, 0.1) is 36.9 Å². The van der Waals surface area contributed by atoms with Crippen molar-refractivity contribution in [3.05, 3.63) is 23.5 Å². The first-order valence-corrected chi connectivity index (χ1v) is 7.37. The van der Waals surface area contributed by atoms with Gasteiger partial charge in [0.1, 0.15) is 0 Å². The van der Waals surface area contributed by atoms with Crippen LogP contribution in [0.25, 0.3) is 11.0 Å². The van der Waals surface area contributed by atoms with Crippen molar-refractivity contribution >= 4 is 22.9 Å². The Balaban J connectivity index is 1.91. The second kappa shape index (κ2) is 5.96. The fourth-order valence-corrected chi connectivity index (χ4v) is 2.88. The lowest BCUT2D eigenvalue weighted by molar-refractivity contribution is -0.139. The van der Waals surface area contributed by atoms with Gasteiger partial charge in [0.15, 0.2) is 5.65 Å². The van der Waals surface area contributed by atoms with Crippen LogP contribution in [0.15, 0.2) is 12.3 Å². The van der Waals surface area contributed by atoms with Crippen molar-refractivity contribution in [3.63, 3.8) is 0 Å². The molecule has 2 aromatic rings. The molecule has 1 N–H and O–H groups in total. The highest BCUT2D eigenvalue weighted by molar-refractivity contribution is 5.97. The fraction of sp³-hybridized carbons (Fsp3) is 0.467. The third-order valence-corrected chi connectivity index (χ3v) is 4.01. The van der Waals surface area contributed by atoms with Crippen LogP contribution in [0.3, 0.4) is 0 Å². The molecule has 0 bridgehead atoms. The van der Waals surface area contributed by atoms with Gasteiger partial charge in [-0.3, -0.25) is 14.3 Å². The smallest absolute Gasteiger partial charge is 0.305 e. The van der Waals surface area contributed by atoms with E-state index in [0.29, 0.717) is 24.4 Å². The van der Waals surface area contributed by atoms with E-state index in [-0.39, 0.29) is 18.9 Å². The van der Waals surface area contributed by atoms with Crippen LogP contribution in [0.1, 0.15) is 22.5 Å². The molecular weight excluding hydrogens is 300 g/mol. The first kappa shape index (κ1) is 15.4. The van der Waals surface area contributed by atoms with Crippen LogP contribution < -0.4 is 0 Å². The maximum Gasteiger partial charge on any atom is 0.305 e. The number of carboxylic acid groups (broad SMARTS) is 1. The predicted molar refractivity (Wildman–Crippen MR) is 81.1 cm³/mol. The van der Waals surface area contributed by atoms with Crippen LogP contribution in [0.2, 0.25) is 0 Å². The number of morpholine rings is 1. The third kappa shape index (κ3) is 2.89. The van der Waals surface area contributed by atoms with Crippen molar-refractivity contribution in [2.45, 2.75) is 19.4 Å². The first-order chi connectivity index (χ1) is 11.0. The summed E-state index contributed by atoms with van der Waals surface area (Å²) in [5.41, 5.74) is 1.95. The molecule has 3 heterocycles. The first-order valence-electron chi connectivity index (χ1n) is 7.37. The lowest BCUT2D eigenvalue weighted by Crippen LogP contribution is -2.49. The number of pyridine rings is 1. The van der Waals surface area contributed by atoms with Gasteiger partial charge in [-0.1, -0.05) is 0 Å². The molecule has 1 unspecified atom stereocenters. The van der Waals surface area contributed by atoms with Crippen LogP contribution in [0.5, 0.6) is 0 Å². The van der Waals surface area contributed by atoms with Gasteiger partial charge < -0.3 is 14.7 Å². The van der Waals surface area contributed by atoms with E-state index >= 15 is 0 Å². The summed E-state index contributed by atoms with van der Waals surface area (Å²) in [6, 6.07) is 1.31. The summed E-state index contributed by atoms with van der Waals surface area (Å²) in [4.78, 5) is 29.6. The molecule has 8 heteroatoms. The molecule has 3 rings (SSSR count). The zero-order valence-electron chi connectivity index (χ0n) is 13.0. The number of fused-ring (bicyclic) bond motifs is 1. The van der Waals surface area contributed by atoms with E-state index in [0.717, 1.165) is 11.1 Å². The lowest BCUT2D eigenvalue weighted by Gasteiger charge is -2.34. The predicted octanol–water partition coefficient (Wildman–Crippen LogP) is 0.592. The zero-order chi connectivity index (χ0) is 16.6. The molecule has 1 aliphatic rings. The average molecular weight is 318 g/mol. The standard InChI is InChI=1S/C15H18N4O4/c1-9-12-5-10(7-16-14(12)18(2)17-9)15(22)19-3-4-23-8-11(19)6-13(20)21/h5,7,11H,3-4,6,8H2,1-2H3,(H,20,21). The summed E-state index contributed by atoms with van der Waals surface area (Å²) in [7, 11) is 1.80. The Hall–Kier alpha value is -2.48. The van der Waals surface area contributed by atoms with Gasteiger partial charge in [-0.2, -0.15) is 5.10 Å². The Kier molecular flexibility index (Phi) is 3.99. The maximum absolute atomic E-state index is 12.8. The largest absolute Gasteiger partial charge is 0.481 e. The summed E-state index contributed by atoms with van der Waals surface area (Å²) in [6.45, 7) is 2.88. The second-order valence-electron chi connectivity index (χ2n) is 5.63. The van der Waals surface area contributed by atoms with Gasteiger partial charge >= 0.3 is 5.97 Å². The van der Waals surface area contributed by atoms with Crippen molar-refractivity contribution in [3.8, 4) is 0 Å². The van der Waals surface area contributed by atoms with E-state index in [4.69, 9.17) is 9.84 Å². The highest BCUT2D eigenvalue weighted by atomic mass is 16.5. The summed E-state index contributed by atoms with van der Waals surface area (Å²) >= 11 is 0. The van der Waals surface area contributed by atoms with Crippen molar-refractivity contribution in [2.24, 2.45) is 7.05 Å².